The van der Waals surface area contributed by atoms with E-state index < -0.39 is 36.3 Å². The van der Waals surface area contributed by atoms with Crippen LogP contribution < -0.4 is 16.4 Å². The third kappa shape index (κ3) is 4.91. The summed E-state index contributed by atoms with van der Waals surface area (Å²) in [5.74, 6) is -0.801. The highest BCUT2D eigenvalue weighted by molar-refractivity contribution is 5.95. The zero-order valence-electron chi connectivity index (χ0n) is 13.5. The Morgan fingerprint density at radius 2 is 1.54 bits per heavy atom. The number of carbonyl (C=O) groups is 2. The Hall–Kier alpha value is -3.17. The molecule has 1 aromatic carbocycles. The second-order valence-electron chi connectivity index (χ2n) is 5.46. The number of hydrogen-bond donors (Lipinski definition) is 1. The number of carbonyl (C=O) groups excluding carboxylic acids is 2. The Labute approximate surface area is 144 Å². The van der Waals surface area contributed by atoms with Gasteiger partial charge >= 0.3 is 17.3 Å². The van der Waals surface area contributed by atoms with E-state index in [0.29, 0.717) is 15.8 Å². The number of rotatable bonds is 5. The molecular formula is C16H14F3N3O4. The molecule has 0 fully saturated rings. The fourth-order valence-corrected chi connectivity index (χ4v) is 2.13. The van der Waals surface area contributed by atoms with E-state index in [-0.39, 0.29) is 10.4 Å². The van der Waals surface area contributed by atoms with Crippen molar-refractivity contribution >= 4 is 17.4 Å². The van der Waals surface area contributed by atoms with Crippen molar-refractivity contribution in [2.24, 2.45) is 0 Å². The molecule has 0 saturated heterocycles. The van der Waals surface area contributed by atoms with Gasteiger partial charge in [-0.05, 0) is 31.2 Å². The second kappa shape index (κ2) is 7.38. The molecule has 1 N–H and O–H groups in total. The molecule has 0 aliphatic carbocycles. The highest BCUT2D eigenvalue weighted by Crippen LogP contribution is 2.15. The highest BCUT2D eigenvalue weighted by atomic mass is 19.4. The summed E-state index contributed by atoms with van der Waals surface area (Å²) in [5, 5.41) is 2.46. The molecule has 2 rings (SSSR count). The number of Topliss-reactive ketones (excluding diaryl/α,β-unsaturated/α-hetero) is 1. The average molecular weight is 369 g/mol. The van der Waals surface area contributed by atoms with E-state index in [1.807, 2.05) is 0 Å². The third-order valence-electron chi connectivity index (χ3n) is 3.37. The van der Waals surface area contributed by atoms with Crippen LogP contribution in [0.25, 0.3) is 0 Å². The number of nitrogens with zero attached hydrogens (tertiary/aromatic N) is 2. The van der Waals surface area contributed by atoms with Gasteiger partial charge in [-0.2, -0.15) is 13.2 Å². The van der Waals surface area contributed by atoms with Gasteiger partial charge in [0.2, 0.25) is 5.91 Å². The predicted molar refractivity (Wildman–Crippen MR) is 86.1 cm³/mol. The monoisotopic (exact) mass is 369 g/mol. The summed E-state index contributed by atoms with van der Waals surface area (Å²) in [6.45, 7) is -0.743. The first-order chi connectivity index (χ1) is 12.1. The number of amides is 1. The molecule has 26 heavy (non-hydrogen) atoms. The van der Waals surface area contributed by atoms with Crippen molar-refractivity contribution in [3.8, 4) is 0 Å². The molecule has 0 unspecified atom stereocenters. The first-order valence-corrected chi connectivity index (χ1v) is 7.34. The summed E-state index contributed by atoms with van der Waals surface area (Å²) in [6, 6.07) is 5.97. The van der Waals surface area contributed by atoms with Crippen LogP contribution in [0.15, 0.2) is 46.2 Å². The fraction of sp³-hybridized carbons (Fsp3) is 0.250. The number of nitrogens with one attached hydrogen (secondary N) is 1. The van der Waals surface area contributed by atoms with Crippen molar-refractivity contribution in [3.63, 3.8) is 0 Å². The fourth-order valence-electron chi connectivity index (χ4n) is 2.13. The largest absolute Gasteiger partial charge is 0.406 e. The summed E-state index contributed by atoms with van der Waals surface area (Å²) in [6.07, 6.45) is -2.91. The van der Waals surface area contributed by atoms with Crippen LogP contribution in [0, 0.1) is 0 Å². The van der Waals surface area contributed by atoms with Crippen LogP contribution in [-0.2, 0) is 17.9 Å². The molecule has 0 saturated carbocycles. The lowest BCUT2D eigenvalue weighted by Crippen LogP contribution is -2.43. The van der Waals surface area contributed by atoms with Crippen molar-refractivity contribution in [1.29, 1.82) is 0 Å². The Bertz CT molecular complexity index is 943. The summed E-state index contributed by atoms with van der Waals surface area (Å²) >= 11 is 0. The van der Waals surface area contributed by atoms with Gasteiger partial charge in [0.25, 0.3) is 0 Å². The number of anilines is 1. The van der Waals surface area contributed by atoms with Crippen LogP contribution in [0.2, 0.25) is 0 Å². The molecule has 2 aromatic rings. The molecular weight excluding hydrogens is 355 g/mol. The van der Waals surface area contributed by atoms with Crippen LogP contribution in [0.3, 0.4) is 0 Å². The zero-order chi connectivity index (χ0) is 19.5. The number of ketones is 1. The summed E-state index contributed by atoms with van der Waals surface area (Å²) in [5.41, 5.74) is -1.80. The lowest BCUT2D eigenvalue weighted by atomic mass is 10.1. The van der Waals surface area contributed by atoms with Crippen molar-refractivity contribution < 1.29 is 22.8 Å². The van der Waals surface area contributed by atoms with E-state index in [1.54, 1.807) is 0 Å². The minimum Gasteiger partial charge on any atom is -0.325 e. The minimum absolute atomic E-state index is 0.145. The van der Waals surface area contributed by atoms with Crippen LogP contribution >= 0.6 is 0 Å². The first-order valence-electron chi connectivity index (χ1n) is 7.34. The first kappa shape index (κ1) is 19.2. The van der Waals surface area contributed by atoms with Gasteiger partial charge in [0.1, 0.15) is 13.1 Å². The number of benzene rings is 1. The van der Waals surface area contributed by atoms with Crippen molar-refractivity contribution in [2.45, 2.75) is 26.2 Å². The lowest BCUT2D eigenvalue weighted by molar-refractivity contribution is -0.141. The van der Waals surface area contributed by atoms with Crippen LogP contribution in [0.1, 0.15) is 17.3 Å². The van der Waals surface area contributed by atoms with Gasteiger partial charge in [-0.1, -0.05) is 0 Å². The lowest BCUT2D eigenvalue weighted by Gasteiger charge is -2.11. The number of hydrogen-bond acceptors (Lipinski definition) is 4. The van der Waals surface area contributed by atoms with E-state index in [1.165, 1.54) is 31.2 Å². The molecule has 0 radical (unpaired) electrons. The molecule has 7 nitrogen and oxygen atoms in total. The number of halogens is 3. The maximum atomic E-state index is 12.3. The Kier molecular flexibility index (Phi) is 5.44. The highest BCUT2D eigenvalue weighted by Gasteiger charge is 2.28. The third-order valence-corrected chi connectivity index (χ3v) is 3.37. The van der Waals surface area contributed by atoms with Gasteiger partial charge in [-0.15, -0.1) is 0 Å². The number of aromatic nitrogens is 2. The maximum absolute atomic E-state index is 12.3. The summed E-state index contributed by atoms with van der Waals surface area (Å²) in [7, 11) is 0. The Morgan fingerprint density at radius 3 is 2.08 bits per heavy atom. The smallest absolute Gasteiger partial charge is 0.325 e. The average Bonchev–Trinajstić information content (AvgIpc) is 2.54. The molecule has 1 heterocycles. The predicted octanol–water partition coefficient (Wildman–Crippen LogP) is 1.41. The summed E-state index contributed by atoms with van der Waals surface area (Å²) in [4.78, 5) is 46.6. The van der Waals surface area contributed by atoms with Gasteiger partial charge in [-0.3, -0.25) is 23.7 Å². The molecule has 0 atom stereocenters. The van der Waals surface area contributed by atoms with Gasteiger partial charge in [-0.25, -0.2) is 0 Å². The molecule has 10 heteroatoms. The molecule has 138 valence electrons. The quantitative estimate of drug-likeness (QED) is 0.637. The molecule has 0 aliphatic heterocycles. The Balaban J connectivity index is 2.12. The standard InChI is InChI=1S/C16H14F3N3O4/c1-10(23)11-2-4-12(5-3-11)20-13(24)8-21-6-7-22(9-16(17,18)19)15(26)14(21)25/h2-7H,8-9H2,1H3,(H,20,24). The maximum Gasteiger partial charge on any atom is 0.406 e. The molecule has 1 amide bonds. The van der Waals surface area contributed by atoms with Crippen molar-refractivity contribution in [3.05, 3.63) is 62.9 Å². The minimum atomic E-state index is -4.65. The topological polar surface area (TPSA) is 90.2 Å². The van der Waals surface area contributed by atoms with E-state index in [0.717, 1.165) is 12.4 Å². The zero-order valence-corrected chi connectivity index (χ0v) is 13.5. The van der Waals surface area contributed by atoms with Crippen molar-refractivity contribution in [1.82, 2.24) is 9.13 Å². The molecule has 1 aromatic heterocycles. The SMILES string of the molecule is CC(=O)c1ccc(NC(=O)Cn2ccn(CC(F)(F)F)c(=O)c2=O)cc1. The Morgan fingerprint density at radius 1 is 1.00 bits per heavy atom. The molecule has 0 bridgehead atoms. The van der Waals surface area contributed by atoms with Gasteiger partial charge in [0.15, 0.2) is 5.78 Å². The second-order valence-corrected chi connectivity index (χ2v) is 5.46. The van der Waals surface area contributed by atoms with E-state index >= 15 is 0 Å². The van der Waals surface area contributed by atoms with E-state index in [2.05, 4.69) is 5.32 Å². The van der Waals surface area contributed by atoms with Crippen LogP contribution in [0.5, 0.6) is 0 Å². The molecule has 0 aliphatic rings. The van der Waals surface area contributed by atoms with Crippen molar-refractivity contribution in [2.75, 3.05) is 5.32 Å². The van der Waals surface area contributed by atoms with E-state index in [4.69, 9.17) is 0 Å². The number of alkyl halides is 3. The molecule has 0 spiro atoms. The van der Waals surface area contributed by atoms with Gasteiger partial charge in [0, 0.05) is 23.6 Å². The van der Waals surface area contributed by atoms with Crippen LogP contribution in [0.4, 0.5) is 18.9 Å². The summed E-state index contributed by atoms with van der Waals surface area (Å²) < 4.78 is 37.9. The normalized spacial score (nSPS) is 11.2. The van der Waals surface area contributed by atoms with Gasteiger partial charge in [0.05, 0.1) is 0 Å². The van der Waals surface area contributed by atoms with Gasteiger partial charge < -0.3 is 9.88 Å². The van der Waals surface area contributed by atoms with Crippen LogP contribution in [-0.4, -0.2) is 27.0 Å². The van der Waals surface area contributed by atoms with E-state index in [9.17, 15) is 32.3 Å².